The highest BCUT2D eigenvalue weighted by Gasteiger charge is 2.07. The van der Waals surface area contributed by atoms with Crippen LogP contribution in [0.15, 0.2) is 46.9 Å². The normalized spacial score (nSPS) is 10.4. The summed E-state index contributed by atoms with van der Waals surface area (Å²) in [7, 11) is 0. The van der Waals surface area contributed by atoms with E-state index in [1.165, 1.54) is 12.8 Å². The molecule has 5 heteroatoms. The molecule has 1 amide bonds. The lowest BCUT2D eigenvalue weighted by Crippen LogP contribution is -2.20. The Hall–Kier alpha value is -2.01. The minimum Gasteiger partial charge on any atom is -0.494 e. The maximum atomic E-state index is 12.1. The molecule has 2 aromatic rings. The standard InChI is InChI=1S/C21H26BrNO3/c1-3-5-6-13-25-19-10-8-18(9-11-19)23-21(24)15-26-20-12-7-17(22)14-16(20)4-2/h7-12,14H,3-6,13,15H2,1-2H3,(H,23,24). The Morgan fingerprint density at radius 1 is 1.04 bits per heavy atom. The van der Waals surface area contributed by atoms with Crippen LogP contribution in [-0.2, 0) is 11.2 Å². The molecule has 4 nitrogen and oxygen atoms in total. The van der Waals surface area contributed by atoms with Gasteiger partial charge in [-0.1, -0.05) is 42.6 Å². The predicted molar refractivity (Wildman–Crippen MR) is 109 cm³/mol. The smallest absolute Gasteiger partial charge is 0.262 e. The second-order valence-corrected chi connectivity index (χ2v) is 6.94. The summed E-state index contributed by atoms with van der Waals surface area (Å²) in [4.78, 5) is 12.1. The summed E-state index contributed by atoms with van der Waals surface area (Å²) in [5.74, 6) is 1.37. The molecule has 0 bridgehead atoms. The first-order chi connectivity index (χ1) is 12.6. The summed E-state index contributed by atoms with van der Waals surface area (Å²) in [5, 5.41) is 2.84. The Balaban J connectivity index is 1.80. The average molecular weight is 420 g/mol. The fraction of sp³-hybridized carbons (Fsp3) is 0.381. The van der Waals surface area contributed by atoms with Gasteiger partial charge in [-0.15, -0.1) is 0 Å². The van der Waals surface area contributed by atoms with Crippen LogP contribution in [0.1, 0.15) is 38.7 Å². The third-order valence-electron chi connectivity index (χ3n) is 3.92. The average Bonchev–Trinajstić information content (AvgIpc) is 2.65. The summed E-state index contributed by atoms with van der Waals surface area (Å²) in [6.07, 6.45) is 4.25. The number of hydrogen-bond acceptors (Lipinski definition) is 3. The summed E-state index contributed by atoms with van der Waals surface area (Å²) in [5.41, 5.74) is 1.79. The minimum atomic E-state index is -0.188. The van der Waals surface area contributed by atoms with Crippen molar-refractivity contribution in [3.05, 3.63) is 52.5 Å². The van der Waals surface area contributed by atoms with Crippen LogP contribution in [0, 0.1) is 0 Å². The van der Waals surface area contributed by atoms with Gasteiger partial charge in [-0.25, -0.2) is 0 Å². The van der Waals surface area contributed by atoms with E-state index in [1.54, 1.807) is 0 Å². The Bertz CT molecular complexity index is 701. The molecule has 26 heavy (non-hydrogen) atoms. The molecule has 0 saturated heterocycles. The van der Waals surface area contributed by atoms with Crippen molar-refractivity contribution in [3.63, 3.8) is 0 Å². The molecule has 0 heterocycles. The molecule has 0 aliphatic carbocycles. The molecule has 0 aliphatic rings. The van der Waals surface area contributed by atoms with E-state index in [0.717, 1.165) is 46.7 Å². The van der Waals surface area contributed by atoms with Crippen molar-refractivity contribution < 1.29 is 14.3 Å². The fourth-order valence-corrected chi connectivity index (χ4v) is 2.89. The van der Waals surface area contributed by atoms with E-state index in [2.05, 4.69) is 35.1 Å². The molecule has 2 rings (SSSR count). The van der Waals surface area contributed by atoms with Gasteiger partial charge in [0.15, 0.2) is 6.61 Å². The number of benzene rings is 2. The maximum absolute atomic E-state index is 12.1. The van der Waals surface area contributed by atoms with Crippen LogP contribution in [0.2, 0.25) is 0 Å². The van der Waals surface area contributed by atoms with E-state index in [1.807, 2.05) is 42.5 Å². The summed E-state index contributed by atoms with van der Waals surface area (Å²) in [6.45, 7) is 4.92. The van der Waals surface area contributed by atoms with Crippen LogP contribution >= 0.6 is 15.9 Å². The molecule has 0 radical (unpaired) electrons. The molecule has 0 aromatic heterocycles. The van der Waals surface area contributed by atoms with Gasteiger partial charge in [0.1, 0.15) is 11.5 Å². The lowest BCUT2D eigenvalue weighted by Gasteiger charge is -2.11. The summed E-state index contributed by atoms with van der Waals surface area (Å²) in [6, 6.07) is 13.2. The number of amides is 1. The van der Waals surface area contributed by atoms with Crippen molar-refractivity contribution in [2.24, 2.45) is 0 Å². The highest BCUT2D eigenvalue weighted by Crippen LogP contribution is 2.23. The zero-order chi connectivity index (χ0) is 18.8. The van der Waals surface area contributed by atoms with Gasteiger partial charge in [0.2, 0.25) is 0 Å². The number of hydrogen-bond donors (Lipinski definition) is 1. The van der Waals surface area contributed by atoms with E-state index >= 15 is 0 Å². The first kappa shape index (κ1) is 20.3. The number of nitrogens with one attached hydrogen (secondary N) is 1. The van der Waals surface area contributed by atoms with E-state index in [-0.39, 0.29) is 12.5 Å². The van der Waals surface area contributed by atoms with E-state index < -0.39 is 0 Å². The van der Waals surface area contributed by atoms with Crippen LogP contribution in [0.25, 0.3) is 0 Å². The number of rotatable bonds is 10. The van der Waals surface area contributed by atoms with Crippen molar-refractivity contribution in [1.82, 2.24) is 0 Å². The molecule has 0 unspecified atom stereocenters. The van der Waals surface area contributed by atoms with Crippen LogP contribution in [0.3, 0.4) is 0 Å². The molecule has 0 atom stereocenters. The van der Waals surface area contributed by atoms with Gasteiger partial charge in [0.25, 0.3) is 5.91 Å². The second-order valence-electron chi connectivity index (χ2n) is 6.02. The third kappa shape index (κ3) is 6.71. The van der Waals surface area contributed by atoms with E-state index in [4.69, 9.17) is 9.47 Å². The molecule has 140 valence electrons. The quantitative estimate of drug-likeness (QED) is 0.509. The van der Waals surface area contributed by atoms with E-state index in [9.17, 15) is 4.79 Å². The Morgan fingerprint density at radius 3 is 2.50 bits per heavy atom. The van der Waals surface area contributed by atoms with Gasteiger partial charge in [-0.05, 0) is 60.9 Å². The molecular formula is C21H26BrNO3. The van der Waals surface area contributed by atoms with Gasteiger partial charge < -0.3 is 14.8 Å². The summed E-state index contributed by atoms with van der Waals surface area (Å²) >= 11 is 3.45. The number of ether oxygens (including phenoxy) is 2. The van der Waals surface area contributed by atoms with Crippen molar-refractivity contribution in [1.29, 1.82) is 0 Å². The van der Waals surface area contributed by atoms with Crippen molar-refractivity contribution in [2.75, 3.05) is 18.5 Å². The van der Waals surface area contributed by atoms with Gasteiger partial charge in [-0.3, -0.25) is 4.79 Å². The lowest BCUT2D eigenvalue weighted by molar-refractivity contribution is -0.118. The van der Waals surface area contributed by atoms with E-state index in [0.29, 0.717) is 0 Å². The number of halogens is 1. The van der Waals surface area contributed by atoms with Crippen LogP contribution in [-0.4, -0.2) is 19.1 Å². The second kappa shape index (κ2) is 10.9. The molecule has 0 spiro atoms. The molecule has 0 aliphatic heterocycles. The molecular weight excluding hydrogens is 394 g/mol. The first-order valence-electron chi connectivity index (χ1n) is 9.06. The van der Waals surface area contributed by atoms with Gasteiger partial charge >= 0.3 is 0 Å². The molecule has 0 saturated carbocycles. The topological polar surface area (TPSA) is 47.6 Å². The fourth-order valence-electron chi connectivity index (χ4n) is 2.48. The van der Waals surface area contributed by atoms with Crippen LogP contribution in [0.4, 0.5) is 5.69 Å². The Labute approximate surface area is 164 Å². The number of unbranched alkanes of at least 4 members (excludes halogenated alkanes) is 2. The number of carbonyl (C=O) groups excluding carboxylic acids is 1. The third-order valence-corrected chi connectivity index (χ3v) is 4.41. The maximum Gasteiger partial charge on any atom is 0.262 e. The van der Waals surface area contributed by atoms with Gasteiger partial charge in [-0.2, -0.15) is 0 Å². The van der Waals surface area contributed by atoms with Crippen molar-refractivity contribution >= 4 is 27.5 Å². The van der Waals surface area contributed by atoms with Gasteiger partial charge in [0.05, 0.1) is 6.61 Å². The minimum absolute atomic E-state index is 0.0239. The van der Waals surface area contributed by atoms with Gasteiger partial charge in [0, 0.05) is 10.2 Å². The molecule has 0 fully saturated rings. The molecule has 1 N–H and O–H groups in total. The highest BCUT2D eigenvalue weighted by molar-refractivity contribution is 9.10. The number of anilines is 1. The highest BCUT2D eigenvalue weighted by atomic mass is 79.9. The first-order valence-corrected chi connectivity index (χ1v) is 9.85. The monoisotopic (exact) mass is 419 g/mol. The van der Waals surface area contributed by atoms with Crippen molar-refractivity contribution in [3.8, 4) is 11.5 Å². The molecule has 2 aromatic carbocycles. The Kier molecular flexibility index (Phi) is 8.48. The van der Waals surface area contributed by atoms with Crippen LogP contribution < -0.4 is 14.8 Å². The summed E-state index contributed by atoms with van der Waals surface area (Å²) < 4.78 is 12.3. The zero-order valence-corrected chi connectivity index (χ0v) is 17.0. The SMILES string of the molecule is CCCCCOc1ccc(NC(=O)COc2ccc(Br)cc2CC)cc1. The largest absolute Gasteiger partial charge is 0.494 e. The lowest BCUT2D eigenvalue weighted by atomic mass is 10.1. The van der Waals surface area contributed by atoms with Crippen molar-refractivity contribution in [2.45, 2.75) is 39.5 Å². The Morgan fingerprint density at radius 2 is 1.81 bits per heavy atom. The number of carbonyl (C=O) groups is 1. The zero-order valence-electron chi connectivity index (χ0n) is 15.4. The van der Waals surface area contributed by atoms with Crippen LogP contribution in [0.5, 0.6) is 11.5 Å². The predicted octanol–water partition coefficient (Wildman–Crippen LogP) is 5.60. The number of aryl methyl sites for hydroxylation is 1.